The first kappa shape index (κ1) is 12.4. The van der Waals surface area contributed by atoms with E-state index in [-0.39, 0.29) is 6.04 Å². The van der Waals surface area contributed by atoms with Crippen LogP contribution in [0, 0.1) is 0 Å². The van der Waals surface area contributed by atoms with Crippen molar-refractivity contribution in [3.63, 3.8) is 0 Å². The third-order valence-corrected chi connectivity index (χ3v) is 3.66. The van der Waals surface area contributed by atoms with Crippen molar-refractivity contribution in [2.75, 3.05) is 20.2 Å². The Morgan fingerprint density at radius 2 is 2.24 bits per heavy atom. The van der Waals surface area contributed by atoms with Crippen LogP contribution in [0.2, 0.25) is 0 Å². The molecule has 1 aliphatic rings. The molecule has 1 saturated heterocycles. The molecule has 94 valence electrons. The summed E-state index contributed by atoms with van der Waals surface area (Å²) in [6.07, 6.45) is 2.58. The Kier molecular flexibility index (Phi) is 4.02. The topological polar surface area (TPSA) is 38.5 Å². The molecule has 0 saturated carbocycles. The van der Waals surface area contributed by atoms with E-state index >= 15 is 0 Å². The molecule has 2 N–H and O–H groups in total. The number of benzene rings is 1. The van der Waals surface area contributed by atoms with Gasteiger partial charge in [0, 0.05) is 24.2 Å². The minimum Gasteiger partial charge on any atom is -0.496 e. The van der Waals surface area contributed by atoms with Crippen LogP contribution < -0.4 is 10.5 Å². The lowest BCUT2D eigenvalue weighted by Gasteiger charge is -2.25. The average Bonchev–Trinajstić information content (AvgIpc) is 2.75. The summed E-state index contributed by atoms with van der Waals surface area (Å²) in [7, 11) is 1.70. The maximum atomic E-state index is 6.29. The maximum Gasteiger partial charge on any atom is 0.123 e. The predicted octanol–water partition coefficient (Wildman–Crippen LogP) is 2.18. The number of hydrogen-bond acceptors (Lipinski definition) is 3. The fraction of sp³-hybridized carbons (Fsp3) is 0.571. The third-order valence-electron chi connectivity index (χ3n) is 3.66. The van der Waals surface area contributed by atoms with Crippen molar-refractivity contribution in [2.45, 2.75) is 31.8 Å². The fourth-order valence-electron chi connectivity index (χ4n) is 2.59. The van der Waals surface area contributed by atoms with E-state index < -0.39 is 0 Å². The molecule has 17 heavy (non-hydrogen) atoms. The van der Waals surface area contributed by atoms with Gasteiger partial charge in [-0.25, -0.2) is 0 Å². The van der Waals surface area contributed by atoms with Gasteiger partial charge in [-0.2, -0.15) is 0 Å². The van der Waals surface area contributed by atoms with Crippen molar-refractivity contribution >= 4 is 0 Å². The highest BCUT2D eigenvalue weighted by molar-refractivity contribution is 5.35. The monoisotopic (exact) mass is 234 g/mol. The Labute approximate surface area is 104 Å². The summed E-state index contributed by atoms with van der Waals surface area (Å²) in [5.41, 5.74) is 7.40. The summed E-state index contributed by atoms with van der Waals surface area (Å²) in [5.74, 6) is 0.895. The SMILES string of the molecule is COc1ccccc1[C@H](N)CN1CCCC1C. The van der Waals surface area contributed by atoms with Crippen molar-refractivity contribution in [1.29, 1.82) is 0 Å². The van der Waals surface area contributed by atoms with Gasteiger partial charge in [0.25, 0.3) is 0 Å². The molecule has 0 aliphatic carbocycles. The van der Waals surface area contributed by atoms with Crippen LogP contribution in [-0.4, -0.2) is 31.1 Å². The van der Waals surface area contributed by atoms with Crippen LogP contribution in [0.3, 0.4) is 0 Å². The van der Waals surface area contributed by atoms with Crippen LogP contribution in [0.25, 0.3) is 0 Å². The van der Waals surface area contributed by atoms with Crippen molar-refractivity contribution < 1.29 is 4.74 Å². The number of hydrogen-bond donors (Lipinski definition) is 1. The second kappa shape index (κ2) is 5.52. The van der Waals surface area contributed by atoms with Gasteiger partial charge in [0.15, 0.2) is 0 Å². The van der Waals surface area contributed by atoms with E-state index in [1.54, 1.807) is 7.11 Å². The lowest BCUT2D eigenvalue weighted by atomic mass is 10.1. The number of likely N-dealkylation sites (tertiary alicyclic amines) is 1. The Morgan fingerprint density at radius 1 is 1.47 bits per heavy atom. The van der Waals surface area contributed by atoms with Crippen molar-refractivity contribution in [1.82, 2.24) is 4.90 Å². The van der Waals surface area contributed by atoms with E-state index in [0.29, 0.717) is 6.04 Å². The second-order valence-electron chi connectivity index (χ2n) is 4.83. The number of nitrogens with zero attached hydrogens (tertiary/aromatic N) is 1. The van der Waals surface area contributed by atoms with E-state index in [1.807, 2.05) is 18.2 Å². The highest BCUT2D eigenvalue weighted by atomic mass is 16.5. The highest BCUT2D eigenvalue weighted by Gasteiger charge is 2.23. The zero-order valence-electron chi connectivity index (χ0n) is 10.7. The van der Waals surface area contributed by atoms with Gasteiger partial charge in [-0.05, 0) is 32.4 Å². The molecule has 2 atom stereocenters. The van der Waals surface area contributed by atoms with Crippen LogP contribution in [-0.2, 0) is 0 Å². The molecule has 1 aromatic rings. The molecule has 1 unspecified atom stereocenters. The molecule has 0 amide bonds. The lowest BCUT2D eigenvalue weighted by molar-refractivity contribution is 0.250. The summed E-state index contributed by atoms with van der Waals surface area (Å²) < 4.78 is 5.36. The number of nitrogens with two attached hydrogens (primary N) is 1. The molecule has 1 heterocycles. The molecular weight excluding hydrogens is 212 g/mol. The summed E-state index contributed by atoms with van der Waals surface area (Å²) in [5, 5.41) is 0. The quantitative estimate of drug-likeness (QED) is 0.868. The van der Waals surface area contributed by atoms with Crippen LogP contribution >= 0.6 is 0 Å². The van der Waals surface area contributed by atoms with E-state index in [4.69, 9.17) is 10.5 Å². The first-order chi connectivity index (χ1) is 8.22. The number of rotatable bonds is 4. The zero-order valence-corrected chi connectivity index (χ0v) is 10.7. The molecule has 0 bridgehead atoms. The van der Waals surface area contributed by atoms with Crippen molar-refractivity contribution in [3.8, 4) is 5.75 Å². The molecule has 1 aliphatic heterocycles. The lowest BCUT2D eigenvalue weighted by Crippen LogP contribution is -2.34. The minimum atomic E-state index is 0.0340. The van der Waals surface area contributed by atoms with E-state index in [2.05, 4.69) is 17.9 Å². The first-order valence-corrected chi connectivity index (χ1v) is 6.35. The summed E-state index contributed by atoms with van der Waals surface area (Å²) in [6, 6.07) is 8.73. The fourth-order valence-corrected chi connectivity index (χ4v) is 2.59. The normalized spacial score (nSPS) is 22.6. The van der Waals surface area contributed by atoms with Gasteiger partial charge in [-0.1, -0.05) is 18.2 Å². The Hall–Kier alpha value is -1.06. The van der Waals surface area contributed by atoms with Crippen LogP contribution in [0.4, 0.5) is 0 Å². The highest BCUT2D eigenvalue weighted by Crippen LogP contribution is 2.26. The minimum absolute atomic E-state index is 0.0340. The molecule has 1 fully saturated rings. The molecular formula is C14H22N2O. The first-order valence-electron chi connectivity index (χ1n) is 6.35. The summed E-state index contributed by atoms with van der Waals surface area (Å²) in [4.78, 5) is 2.47. The van der Waals surface area contributed by atoms with Gasteiger partial charge in [0.1, 0.15) is 5.75 Å². The standard InChI is InChI=1S/C14H22N2O/c1-11-6-5-9-16(11)10-13(15)12-7-3-4-8-14(12)17-2/h3-4,7-8,11,13H,5-6,9-10,15H2,1-2H3/t11?,13-/m1/s1. The van der Waals surface area contributed by atoms with Gasteiger partial charge < -0.3 is 10.5 Å². The van der Waals surface area contributed by atoms with Gasteiger partial charge in [0.05, 0.1) is 7.11 Å². The molecule has 3 nitrogen and oxygen atoms in total. The number of ether oxygens (including phenoxy) is 1. The Bertz CT molecular complexity index is 367. The largest absolute Gasteiger partial charge is 0.496 e. The Balaban J connectivity index is 2.06. The zero-order chi connectivity index (χ0) is 12.3. The van der Waals surface area contributed by atoms with Crippen molar-refractivity contribution in [2.24, 2.45) is 5.73 Å². The van der Waals surface area contributed by atoms with E-state index in [9.17, 15) is 0 Å². The molecule has 0 aromatic heterocycles. The molecule has 0 spiro atoms. The number of methoxy groups -OCH3 is 1. The second-order valence-corrected chi connectivity index (χ2v) is 4.83. The Morgan fingerprint density at radius 3 is 2.88 bits per heavy atom. The number of para-hydroxylation sites is 1. The van der Waals surface area contributed by atoms with Crippen LogP contribution in [0.1, 0.15) is 31.4 Å². The maximum absolute atomic E-state index is 6.29. The molecule has 1 aromatic carbocycles. The van der Waals surface area contributed by atoms with E-state index in [1.165, 1.54) is 19.4 Å². The van der Waals surface area contributed by atoms with Crippen LogP contribution in [0.5, 0.6) is 5.75 Å². The molecule has 3 heteroatoms. The van der Waals surface area contributed by atoms with E-state index in [0.717, 1.165) is 17.9 Å². The van der Waals surface area contributed by atoms with Gasteiger partial charge in [-0.15, -0.1) is 0 Å². The van der Waals surface area contributed by atoms with Crippen LogP contribution in [0.15, 0.2) is 24.3 Å². The smallest absolute Gasteiger partial charge is 0.123 e. The van der Waals surface area contributed by atoms with Gasteiger partial charge in [0.2, 0.25) is 0 Å². The molecule has 0 radical (unpaired) electrons. The summed E-state index contributed by atoms with van der Waals surface area (Å²) >= 11 is 0. The van der Waals surface area contributed by atoms with Gasteiger partial charge in [-0.3, -0.25) is 4.90 Å². The predicted molar refractivity (Wildman–Crippen MR) is 70.2 cm³/mol. The summed E-state index contributed by atoms with van der Waals surface area (Å²) in [6.45, 7) is 4.37. The average molecular weight is 234 g/mol. The van der Waals surface area contributed by atoms with Gasteiger partial charge >= 0.3 is 0 Å². The third kappa shape index (κ3) is 2.79. The van der Waals surface area contributed by atoms with Crippen molar-refractivity contribution in [3.05, 3.63) is 29.8 Å². The molecule has 2 rings (SSSR count).